The Morgan fingerprint density at radius 1 is 1.32 bits per heavy atom. The first-order valence-corrected chi connectivity index (χ1v) is 9.47. The molecule has 1 aliphatic rings. The SMILES string of the molecule is CC(C)C1(C(=O)O)CCN(S(=O)(=O)CS(C)(=O)=O)C1. The van der Waals surface area contributed by atoms with Crippen molar-refractivity contribution in [3.05, 3.63) is 0 Å². The molecular weight excluding hydrogens is 294 g/mol. The fourth-order valence-electron chi connectivity index (χ4n) is 2.27. The average Bonchev–Trinajstić information content (AvgIpc) is 2.59. The van der Waals surface area contributed by atoms with Gasteiger partial charge in [-0.05, 0) is 12.3 Å². The van der Waals surface area contributed by atoms with Gasteiger partial charge in [-0.15, -0.1) is 0 Å². The first-order chi connectivity index (χ1) is 8.41. The Kier molecular flexibility index (Phi) is 4.33. The van der Waals surface area contributed by atoms with Crippen molar-refractivity contribution < 1.29 is 26.7 Å². The standard InChI is InChI=1S/C10H19NO6S2/c1-8(2)10(9(12)13)4-5-11(6-10)19(16,17)7-18(3,14)15/h8H,4-7H2,1-3H3,(H,12,13). The Hall–Kier alpha value is -0.670. The highest BCUT2D eigenvalue weighted by atomic mass is 32.3. The number of carboxylic acids is 1. The first kappa shape index (κ1) is 16.4. The minimum absolute atomic E-state index is 0.0440. The molecule has 19 heavy (non-hydrogen) atoms. The van der Waals surface area contributed by atoms with Gasteiger partial charge >= 0.3 is 5.97 Å². The molecule has 9 heteroatoms. The van der Waals surface area contributed by atoms with Gasteiger partial charge < -0.3 is 5.11 Å². The summed E-state index contributed by atoms with van der Waals surface area (Å²) < 4.78 is 47.1. The number of hydrogen-bond acceptors (Lipinski definition) is 5. The van der Waals surface area contributed by atoms with Gasteiger partial charge in [0.15, 0.2) is 14.9 Å². The molecule has 112 valence electrons. The van der Waals surface area contributed by atoms with Crippen LogP contribution in [0.25, 0.3) is 0 Å². The molecule has 0 aromatic carbocycles. The summed E-state index contributed by atoms with van der Waals surface area (Å²) >= 11 is 0. The molecule has 0 bridgehead atoms. The van der Waals surface area contributed by atoms with Crippen LogP contribution in [0.1, 0.15) is 20.3 Å². The minimum Gasteiger partial charge on any atom is -0.481 e. The molecule has 1 heterocycles. The van der Waals surface area contributed by atoms with E-state index in [2.05, 4.69) is 0 Å². The topological polar surface area (TPSA) is 109 Å². The summed E-state index contributed by atoms with van der Waals surface area (Å²) in [5.41, 5.74) is -1.13. The fourth-order valence-corrected chi connectivity index (χ4v) is 5.83. The molecule has 0 amide bonds. The van der Waals surface area contributed by atoms with Crippen molar-refractivity contribution in [3.63, 3.8) is 0 Å². The van der Waals surface area contributed by atoms with Gasteiger partial charge in [0.05, 0.1) is 5.41 Å². The van der Waals surface area contributed by atoms with E-state index in [0.717, 1.165) is 10.6 Å². The van der Waals surface area contributed by atoms with E-state index >= 15 is 0 Å². The lowest BCUT2D eigenvalue weighted by Crippen LogP contribution is -2.41. The molecule has 0 saturated carbocycles. The molecule has 1 unspecified atom stereocenters. The molecule has 0 aromatic heterocycles. The molecule has 1 N–H and O–H groups in total. The van der Waals surface area contributed by atoms with E-state index in [9.17, 15) is 26.7 Å². The van der Waals surface area contributed by atoms with Crippen molar-refractivity contribution in [2.75, 3.05) is 24.4 Å². The molecule has 1 atom stereocenters. The molecule has 0 radical (unpaired) electrons. The smallest absolute Gasteiger partial charge is 0.311 e. The predicted octanol–water partition coefficient (Wildman–Crippen LogP) is -0.249. The number of sulfonamides is 1. The second-order valence-electron chi connectivity index (χ2n) is 5.36. The molecule has 1 rings (SSSR count). The molecule has 7 nitrogen and oxygen atoms in total. The Balaban J connectivity index is 3.01. The van der Waals surface area contributed by atoms with Gasteiger partial charge in [-0.25, -0.2) is 16.8 Å². The maximum absolute atomic E-state index is 11.9. The molecule has 0 aromatic rings. The maximum Gasteiger partial charge on any atom is 0.311 e. The van der Waals surface area contributed by atoms with Gasteiger partial charge in [-0.3, -0.25) is 4.79 Å². The van der Waals surface area contributed by atoms with Crippen LogP contribution in [0, 0.1) is 11.3 Å². The normalized spacial score (nSPS) is 25.9. The van der Waals surface area contributed by atoms with E-state index in [0.29, 0.717) is 0 Å². The number of nitrogens with zero attached hydrogens (tertiary/aromatic N) is 1. The number of aliphatic carboxylic acids is 1. The van der Waals surface area contributed by atoms with Crippen LogP contribution in [0.4, 0.5) is 0 Å². The summed E-state index contributed by atoms with van der Waals surface area (Å²) in [5.74, 6) is -1.28. The highest BCUT2D eigenvalue weighted by molar-refractivity contribution is 8.06. The van der Waals surface area contributed by atoms with Crippen molar-refractivity contribution in [3.8, 4) is 0 Å². The van der Waals surface area contributed by atoms with E-state index in [1.54, 1.807) is 13.8 Å². The van der Waals surface area contributed by atoms with Crippen LogP contribution < -0.4 is 0 Å². The van der Waals surface area contributed by atoms with E-state index in [1.807, 2.05) is 0 Å². The summed E-state index contributed by atoms with van der Waals surface area (Å²) in [4.78, 5) is 11.4. The first-order valence-electron chi connectivity index (χ1n) is 5.80. The molecule has 0 spiro atoms. The lowest BCUT2D eigenvalue weighted by molar-refractivity contribution is -0.150. The second-order valence-corrected chi connectivity index (χ2v) is 9.83. The third-order valence-corrected chi connectivity index (χ3v) is 7.56. The maximum atomic E-state index is 11.9. The third kappa shape index (κ3) is 3.46. The zero-order valence-corrected chi connectivity index (χ0v) is 12.8. The monoisotopic (exact) mass is 313 g/mol. The van der Waals surface area contributed by atoms with Crippen LogP contribution in [0.5, 0.6) is 0 Å². The Morgan fingerprint density at radius 3 is 2.16 bits per heavy atom. The van der Waals surface area contributed by atoms with Gasteiger partial charge in [0.2, 0.25) is 10.0 Å². The fraction of sp³-hybridized carbons (Fsp3) is 0.900. The van der Waals surface area contributed by atoms with Gasteiger partial charge in [-0.2, -0.15) is 4.31 Å². The van der Waals surface area contributed by atoms with Crippen molar-refractivity contribution in [2.45, 2.75) is 20.3 Å². The number of carboxylic acid groups (broad SMARTS) is 1. The van der Waals surface area contributed by atoms with Gasteiger partial charge in [0, 0.05) is 19.3 Å². The van der Waals surface area contributed by atoms with Gasteiger partial charge in [0.1, 0.15) is 0 Å². The largest absolute Gasteiger partial charge is 0.481 e. The zero-order chi connectivity index (χ0) is 15.1. The Bertz CT molecular complexity index is 565. The third-order valence-electron chi connectivity index (χ3n) is 3.55. The van der Waals surface area contributed by atoms with Crippen LogP contribution in [0.2, 0.25) is 0 Å². The minimum atomic E-state index is -3.97. The van der Waals surface area contributed by atoms with Crippen molar-refractivity contribution in [1.29, 1.82) is 0 Å². The van der Waals surface area contributed by atoms with Crippen LogP contribution in [-0.2, 0) is 24.7 Å². The van der Waals surface area contributed by atoms with Crippen molar-refractivity contribution >= 4 is 25.8 Å². The van der Waals surface area contributed by atoms with E-state index in [1.165, 1.54) is 0 Å². The summed E-state index contributed by atoms with van der Waals surface area (Å²) in [6, 6.07) is 0. The molecule has 1 aliphatic heterocycles. The lowest BCUT2D eigenvalue weighted by atomic mass is 9.77. The summed E-state index contributed by atoms with van der Waals surface area (Å²) in [5, 5.41) is 8.33. The van der Waals surface area contributed by atoms with Crippen molar-refractivity contribution in [1.82, 2.24) is 4.31 Å². The van der Waals surface area contributed by atoms with E-state index < -0.39 is 36.3 Å². The van der Waals surface area contributed by atoms with Crippen LogP contribution >= 0.6 is 0 Å². The van der Waals surface area contributed by atoms with E-state index in [4.69, 9.17) is 0 Å². The second kappa shape index (κ2) is 5.02. The van der Waals surface area contributed by atoms with Gasteiger partial charge in [-0.1, -0.05) is 13.8 Å². The van der Waals surface area contributed by atoms with Gasteiger partial charge in [0.25, 0.3) is 0 Å². The van der Waals surface area contributed by atoms with E-state index in [-0.39, 0.29) is 25.4 Å². The average molecular weight is 313 g/mol. The predicted molar refractivity (Wildman–Crippen MR) is 69.7 cm³/mol. The van der Waals surface area contributed by atoms with Crippen LogP contribution in [0.15, 0.2) is 0 Å². The highest BCUT2D eigenvalue weighted by Gasteiger charge is 2.50. The lowest BCUT2D eigenvalue weighted by Gasteiger charge is -2.28. The Labute approximate surface area is 113 Å². The molecule has 1 saturated heterocycles. The summed E-state index contributed by atoms with van der Waals surface area (Å²) in [6.45, 7) is 3.32. The summed E-state index contributed by atoms with van der Waals surface area (Å²) in [7, 11) is -7.65. The molecule has 1 fully saturated rings. The molecule has 0 aliphatic carbocycles. The Morgan fingerprint density at radius 2 is 1.84 bits per heavy atom. The zero-order valence-electron chi connectivity index (χ0n) is 11.2. The number of hydrogen-bond donors (Lipinski definition) is 1. The number of carbonyl (C=O) groups is 1. The number of rotatable bonds is 5. The number of sulfone groups is 1. The molecular formula is C10H19NO6S2. The highest BCUT2D eigenvalue weighted by Crippen LogP contribution is 2.39. The van der Waals surface area contributed by atoms with Crippen LogP contribution in [-0.4, -0.2) is 56.6 Å². The summed E-state index contributed by atoms with van der Waals surface area (Å²) in [6.07, 6.45) is 1.04. The van der Waals surface area contributed by atoms with Crippen LogP contribution in [0.3, 0.4) is 0 Å². The van der Waals surface area contributed by atoms with Crippen molar-refractivity contribution in [2.24, 2.45) is 11.3 Å². The quantitative estimate of drug-likeness (QED) is 0.749.